The molecule has 3 aromatic heterocycles. The average Bonchev–Trinajstić information content (AvgIpc) is 3.15. The number of thiophene rings is 1. The van der Waals surface area contributed by atoms with Gasteiger partial charge in [-0.3, -0.25) is 0 Å². The van der Waals surface area contributed by atoms with Gasteiger partial charge in [-0.1, -0.05) is 17.7 Å². The van der Waals surface area contributed by atoms with E-state index < -0.39 is 6.02 Å². The minimum atomic E-state index is -1.29. The Hall–Kier alpha value is -1.12. The van der Waals surface area contributed by atoms with E-state index in [0.717, 1.165) is 5.69 Å². The average molecular weight is 432 g/mol. The number of furan rings is 1. The zero-order valence-electron chi connectivity index (χ0n) is 13.9. The lowest BCUT2D eigenvalue weighted by Gasteiger charge is -2.08. The van der Waals surface area contributed by atoms with Crippen molar-refractivity contribution in [2.24, 2.45) is 5.73 Å². The van der Waals surface area contributed by atoms with E-state index in [-0.39, 0.29) is 13.0 Å². The lowest BCUT2D eigenvalue weighted by atomic mass is 10.2. The van der Waals surface area contributed by atoms with Gasteiger partial charge < -0.3 is 20.2 Å². The third kappa shape index (κ3) is 3.92. The molecule has 8 heteroatoms. The van der Waals surface area contributed by atoms with Gasteiger partial charge in [-0.25, -0.2) is 4.98 Å². The van der Waals surface area contributed by atoms with E-state index in [1.807, 2.05) is 11.4 Å². The number of nitrogens with zero attached hydrogens (tertiary/aromatic N) is 1. The molecule has 0 aliphatic carbocycles. The molecule has 0 aromatic carbocycles. The minimum absolute atomic E-state index is 0.0914. The number of ether oxygens (including phenoxy) is 1. The SMILES string of the molecule is [2H][C@](N)(COC)Cc1oc2c(NCc3cccs3)cc(Cl)nc2c1Br. The van der Waals surface area contributed by atoms with Crippen molar-refractivity contribution in [2.45, 2.75) is 19.0 Å². The van der Waals surface area contributed by atoms with Gasteiger partial charge in [-0.2, -0.15) is 0 Å². The molecule has 24 heavy (non-hydrogen) atoms. The first-order chi connectivity index (χ1) is 11.9. The predicted octanol–water partition coefficient (Wildman–Crippen LogP) is 4.43. The van der Waals surface area contributed by atoms with Crippen molar-refractivity contribution < 1.29 is 10.5 Å². The fourth-order valence-corrected chi connectivity index (χ4v) is 3.67. The van der Waals surface area contributed by atoms with Crippen LogP contribution in [0, 0.1) is 0 Å². The van der Waals surface area contributed by atoms with Gasteiger partial charge in [0.2, 0.25) is 0 Å². The highest BCUT2D eigenvalue weighted by Gasteiger charge is 2.19. The van der Waals surface area contributed by atoms with Gasteiger partial charge in [0.25, 0.3) is 0 Å². The Labute approximate surface area is 158 Å². The van der Waals surface area contributed by atoms with Crippen molar-refractivity contribution in [1.29, 1.82) is 0 Å². The largest absolute Gasteiger partial charge is 0.456 e. The molecule has 0 aliphatic heterocycles. The number of anilines is 1. The summed E-state index contributed by atoms with van der Waals surface area (Å²) in [5, 5.41) is 5.71. The van der Waals surface area contributed by atoms with Gasteiger partial charge in [-0.05, 0) is 27.4 Å². The lowest BCUT2D eigenvalue weighted by Crippen LogP contribution is -2.27. The number of fused-ring (bicyclic) bond motifs is 1. The summed E-state index contributed by atoms with van der Waals surface area (Å²) < 4.78 is 19.7. The first-order valence-electron chi connectivity index (χ1n) is 7.71. The summed E-state index contributed by atoms with van der Waals surface area (Å²) in [4.78, 5) is 5.53. The number of rotatable bonds is 7. The topological polar surface area (TPSA) is 73.3 Å². The Morgan fingerprint density at radius 1 is 1.62 bits per heavy atom. The number of hydrogen-bond acceptors (Lipinski definition) is 6. The summed E-state index contributed by atoms with van der Waals surface area (Å²) in [5.41, 5.74) is 7.87. The number of aromatic nitrogens is 1. The zero-order chi connectivity index (χ0) is 18.0. The molecule has 0 saturated heterocycles. The molecule has 0 fully saturated rings. The predicted molar refractivity (Wildman–Crippen MR) is 102 cm³/mol. The molecule has 1 atom stereocenters. The van der Waals surface area contributed by atoms with Crippen LogP contribution in [0.25, 0.3) is 11.1 Å². The molecule has 0 bridgehead atoms. The van der Waals surface area contributed by atoms with E-state index in [1.54, 1.807) is 17.4 Å². The van der Waals surface area contributed by atoms with Crippen molar-refractivity contribution in [3.63, 3.8) is 0 Å². The van der Waals surface area contributed by atoms with Crippen molar-refractivity contribution >= 4 is 55.7 Å². The Bertz CT molecular complexity index is 870. The van der Waals surface area contributed by atoms with Gasteiger partial charge in [0.05, 0.1) is 16.8 Å². The second-order valence-electron chi connectivity index (χ2n) is 5.21. The molecule has 3 rings (SSSR count). The number of methoxy groups -OCH3 is 1. The van der Waals surface area contributed by atoms with E-state index in [4.69, 9.17) is 27.9 Å². The summed E-state index contributed by atoms with van der Waals surface area (Å²) in [6, 6.07) is 4.49. The number of nitrogens with two attached hydrogens (primary N) is 1. The van der Waals surface area contributed by atoms with Gasteiger partial charge in [0.15, 0.2) is 5.58 Å². The molecule has 0 aliphatic rings. The van der Waals surface area contributed by atoms with E-state index in [1.165, 1.54) is 12.0 Å². The van der Waals surface area contributed by atoms with Gasteiger partial charge in [0, 0.05) is 38.4 Å². The van der Waals surface area contributed by atoms with Crippen LogP contribution in [0.5, 0.6) is 0 Å². The van der Waals surface area contributed by atoms with Gasteiger partial charge in [0.1, 0.15) is 16.4 Å². The van der Waals surface area contributed by atoms with Crippen molar-refractivity contribution in [3.05, 3.63) is 43.8 Å². The van der Waals surface area contributed by atoms with Crippen LogP contribution < -0.4 is 11.1 Å². The summed E-state index contributed by atoms with van der Waals surface area (Å²) in [6.07, 6.45) is 0.180. The van der Waals surface area contributed by atoms with Crippen LogP contribution in [0.15, 0.2) is 32.5 Å². The third-order valence-electron chi connectivity index (χ3n) is 3.37. The molecule has 0 saturated carbocycles. The molecule has 0 radical (unpaired) electrons. The van der Waals surface area contributed by atoms with Crippen LogP contribution in [-0.4, -0.2) is 24.7 Å². The number of hydrogen-bond donors (Lipinski definition) is 2. The van der Waals surface area contributed by atoms with Crippen LogP contribution >= 0.6 is 38.9 Å². The quantitative estimate of drug-likeness (QED) is 0.541. The first-order valence-corrected chi connectivity index (χ1v) is 9.26. The fourth-order valence-electron chi connectivity index (χ4n) is 2.34. The van der Waals surface area contributed by atoms with Crippen LogP contribution in [0.3, 0.4) is 0 Å². The van der Waals surface area contributed by atoms with E-state index in [2.05, 4.69) is 32.3 Å². The highest BCUT2D eigenvalue weighted by Crippen LogP contribution is 2.36. The lowest BCUT2D eigenvalue weighted by molar-refractivity contribution is 0.178. The standard InChI is InChI=1S/C16H17BrClN3O2S/c1-22-8-9(19)5-12-14(17)15-16(23-12)11(6-13(18)21-15)20-7-10-3-2-4-24-10/h2-4,6,9H,5,7-8,19H2,1H3,(H,20,21)/t9-/m1/s1/i9D. The summed E-state index contributed by atoms with van der Waals surface area (Å²) in [6.45, 7) is 0.748. The van der Waals surface area contributed by atoms with Gasteiger partial charge >= 0.3 is 0 Å². The first kappa shape index (κ1) is 16.4. The van der Waals surface area contributed by atoms with Crippen LogP contribution in [0.4, 0.5) is 5.69 Å². The normalized spacial score (nSPS) is 14.6. The maximum Gasteiger partial charge on any atom is 0.177 e. The van der Waals surface area contributed by atoms with Crippen LogP contribution in [0.2, 0.25) is 5.15 Å². The highest BCUT2D eigenvalue weighted by atomic mass is 79.9. The summed E-state index contributed by atoms with van der Waals surface area (Å²) in [7, 11) is 1.51. The highest BCUT2D eigenvalue weighted by molar-refractivity contribution is 9.10. The van der Waals surface area contributed by atoms with Crippen LogP contribution in [-0.2, 0) is 17.7 Å². The molecule has 5 nitrogen and oxygen atoms in total. The molecule has 3 heterocycles. The second kappa shape index (κ2) is 7.84. The fraction of sp³-hybridized carbons (Fsp3) is 0.312. The second-order valence-corrected chi connectivity index (χ2v) is 7.42. The molecule has 128 valence electrons. The Balaban J connectivity index is 1.94. The molecule has 3 N–H and O–H groups in total. The maximum absolute atomic E-state index is 8.12. The number of halogens is 2. The van der Waals surface area contributed by atoms with E-state index >= 15 is 0 Å². The van der Waals surface area contributed by atoms with E-state index in [9.17, 15) is 0 Å². The third-order valence-corrected chi connectivity index (χ3v) is 5.26. The zero-order valence-corrected chi connectivity index (χ0v) is 16.1. The smallest absolute Gasteiger partial charge is 0.177 e. The molecular formula is C16H17BrClN3O2S. The molecule has 0 amide bonds. The summed E-state index contributed by atoms with van der Waals surface area (Å²) in [5.74, 6) is 0.540. The van der Waals surface area contributed by atoms with Crippen molar-refractivity contribution in [2.75, 3.05) is 19.0 Å². The van der Waals surface area contributed by atoms with Gasteiger partial charge in [-0.15, -0.1) is 11.3 Å². The van der Waals surface area contributed by atoms with E-state index in [0.29, 0.717) is 33.0 Å². The molecule has 3 aromatic rings. The molecular weight excluding hydrogens is 414 g/mol. The minimum Gasteiger partial charge on any atom is -0.456 e. The monoisotopic (exact) mass is 430 g/mol. The Morgan fingerprint density at radius 3 is 3.17 bits per heavy atom. The maximum atomic E-state index is 8.12. The Kier molecular flexibility index (Phi) is 5.34. The Morgan fingerprint density at radius 2 is 2.46 bits per heavy atom. The molecule has 0 spiro atoms. The summed E-state index contributed by atoms with van der Waals surface area (Å²) >= 11 is 11.3. The number of pyridine rings is 1. The van der Waals surface area contributed by atoms with Crippen molar-refractivity contribution in [3.8, 4) is 0 Å². The van der Waals surface area contributed by atoms with Crippen LogP contribution in [0.1, 0.15) is 12.0 Å². The van der Waals surface area contributed by atoms with Crippen molar-refractivity contribution in [1.82, 2.24) is 4.98 Å². The molecule has 0 unspecified atom stereocenters. The number of nitrogens with one attached hydrogen (secondary N) is 1.